The van der Waals surface area contributed by atoms with Crippen LogP contribution in [0.2, 0.25) is 0 Å². The highest BCUT2D eigenvalue weighted by atomic mass is 16.2. The van der Waals surface area contributed by atoms with Crippen LogP contribution in [0.15, 0.2) is 12.7 Å². The summed E-state index contributed by atoms with van der Waals surface area (Å²) < 4.78 is 0. The monoisotopic (exact) mass is 238 g/mol. The Bertz CT molecular complexity index is 280. The topological polar surface area (TPSA) is 46.3 Å². The minimum absolute atomic E-state index is 0.109. The van der Waals surface area contributed by atoms with Gasteiger partial charge in [0.1, 0.15) is 0 Å². The smallest absolute Gasteiger partial charge is 0.226 e. The number of nitrogens with zero attached hydrogens (tertiary/aromatic N) is 1. The average Bonchev–Trinajstić information content (AvgIpc) is 2.23. The van der Waals surface area contributed by atoms with Crippen molar-refractivity contribution in [3.63, 3.8) is 0 Å². The van der Waals surface area contributed by atoms with Gasteiger partial charge in [-0.05, 0) is 40.0 Å². The molecular weight excluding hydrogens is 212 g/mol. The number of carbonyl (C=O) groups excluding carboxylic acids is 1. The third-order valence-electron chi connectivity index (χ3n) is 3.45. The molecule has 1 aliphatic rings. The maximum Gasteiger partial charge on any atom is 0.226 e. The van der Waals surface area contributed by atoms with Crippen molar-refractivity contribution in [2.45, 2.75) is 58.0 Å². The highest BCUT2D eigenvalue weighted by molar-refractivity contribution is 5.79. The maximum atomic E-state index is 12.5. The van der Waals surface area contributed by atoms with E-state index in [0.717, 1.165) is 25.7 Å². The van der Waals surface area contributed by atoms with Crippen LogP contribution in [0.5, 0.6) is 0 Å². The Balaban J connectivity index is 2.73. The van der Waals surface area contributed by atoms with E-state index in [1.54, 1.807) is 6.08 Å². The summed E-state index contributed by atoms with van der Waals surface area (Å²) in [7, 11) is 0. The van der Waals surface area contributed by atoms with Gasteiger partial charge in [-0.15, -0.1) is 6.58 Å². The predicted octanol–water partition coefficient (Wildman–Crippen LogP) is 2.32. The molecule has 17 heavy (non-hydrogen) atoms. The minimum atomic E-state index is -0.146. The maximum absolute atomic E-state index is 12.5. The zero-order valence-electron chi connectivity index (χ0n) is 11.4. The summed E-state index contributed by atoms with van der Waals surface area (Å²) in [4.78, 5) is 14.4. The molecule has 1 amide bonds. The van der Waals surface area contributed by atoms with Crippen molar-refractivity contribution in [3.05, 3.63) is 12.7 Å². The molecule has 2 unspecified atom stereocenters. The zero-order valence-corrected chi connectivity index (χ0v) is 11.4. The van der Waals surface area contributed by atoms with Crippen LogP contribution in [0.1, 0.15) is 46.5 Å². The largest absolute Gasteiger partial charge is 0.334 e. The van der Waals surface area contributed by atoms with Crippen molar-refractivity contribution in [2.24, 2.45) is 11.7 Å². The van der Waals surface area contributed by atoms with Crippen molar-refractivity contribution in [1.82, 2.24) is 4.90 Å². The normalized spacial score (nSPS) is 25.4. The lowest BCUT2D eigenvalue weighted by atomic mass is 9.84. The molecule has 0 spiro atoms. The van der Waals surface area contributed by atoms with Gasteiger partial charge in [0.25, 0.3) is 0 Å². The molecule has 1 rings (SSSR count). The number of hydrogen-bond donors (Lipinski definition) is 1. The number of hydrogen-bond acceptors (Lipinski definition) is 2. The summed E-state index contributed by atoms with van der Waals surface area (Å²) in [6.45, 7) is 10.6. The van der Waals surface area contributed by atoms with E-state index in [2.05, 4.69) is 27.4 Å². The molecule has 0 saturated heterocycles. The first-order valence-electron chi connectivity index (χ1n) is 6.54. The zero-order chi connectivity index (χ0) is 13.1. The van der Waals surface area contributed by atoms with Crippen molar-refractivity contribution in [3.8, 4) is 0 Å². The van der Waals surface area contributed by atoms with Crippen molar-refractivity contribution in [1.29, 1.82) is 0 Å². The second-order valence-corrected chi connectivity index (χ2v) is 6.03. The summed E-state index contributed by atoms with van der Waals surface area (Å²) in [6, 6.07) is 0.197. The van der Waals surface area contributed by atoms with E-state index in [1.165, 1.54) is 0 Å². The number of amides is 1. The van der Waals surface area contributed by atoms with Crippen molar-refractivity contribution in [2.75, 3.05) is 6.54 Å². The van der Waals surface area contributed by atoms with E-state index in [4.69, 9.17) is 5.73 Å². The van der Waals surface area contributed by atoms with Gasteiger partial charge in [0.05, 0.1) is 0 Å². The van der Waals surface area contributed by atoms with Gasteiger partial charge in [-0.25, -0.2) is 0 Å². The van der Waals surface area contributed by atoms with Crippen molar-refractivity contribution >= 4 is 5.91 Å². The molecular formula is C14H26N2O. The van der Waals surface area contributed by atoms with Gasteiger partial charge in [0, 0.05) is 24.0 Å². The first kappa shape index (κ1) is 14.2. The molecule has 3 heteroatoms. The summed E-state index contributed by atoms with van der Waals surface area (Å²) in [5, 5.41) is 0. The molecule has 0 aromatic carbocycles. The van der Waals surface area contributed by atoms with Crippen LogP contribution in [-0.4, -0.2) is 28.9 Å². The summed E-state index contributed by atoms with van der Waals surface area (Å²) in [5.74, 6) is 0.352. The summed E-state index contributed by atoms with van der Waals surface area (Å²) in [6.07, 6.45) is 5.75. The van der Waals surface area contributed by atoms with Crippen LogP contribution >= 0.6 is 0 Å². The van der Waals surface area contributed by atoms with Gasteiger partial charge >= 0.3 is 0 Å². The molecule has 0 aliphatic heterocycles. The van der Waals surface area contributed by atoms with Crippen LogP contribution in [-0.2, 0) is 4.79 Å². The number of nitrogens with two attached hydrogens (primary N) is 1. The molecule has 1 saturated carbocycles. The predicted molar refractivity (Wildman–Crippen MR) is 71.6 cm³/mol. The minimum Gasteiger partial charge on any atom is -0.334 e. The second kappa shape index (κ2) is 5.67. The second-order valence-electron chi connectivity index (χ2n) is 6.03. The van der Waals surface area contributed by atoms with E-state index >= 15 is 0 Å². The molecule has 2 N–H and O–H groups in total. The van der Waals surface area contributed by atoms with Crippen molar-refractivity contribution < 1.29 is 4.79 Å². The molecule has 0 aromatic heterocycles. The molecule has 0 bridgehead atoms. The van der Waals surface area contributed by atoms with Gasteiger partial charge in [-0.2, -0.15) is 0 Å². The molecule has 1 fully saturated rings. The summed E-state index contributed by atoms with van der Waals surface area (Å²) >= 11 is 0. The molecule has 0 aromatic rings. The average molecular weight is 238 g/mol. The van der Waals surface area contributed by atoms with E-state index in [-0.39, 0.29) is 23.4 Å². The van der Waals surface area contributed by atoms with E-state index in [1.807, 2.05) is 4.90 Å². The van der Waals surface area contributed by atoms with Gasteiger partial charge in [-0.1, -0.05) is 12.5 Å². The van der Waals surface area contributed by atoms with E-state index < -0.39 is 0 Å². The first-order valence-corrected chi connectivity index (χ1v) is 6.54. The third-order valence-corrected chi connectivity index (χ3v) is 3.45. The SMILES string of the molecule is C=CCN(C(=O)C1CCCC(N)C1)C(C)(C)C. The molecule has 0 heterocycles. The Kier molecular flexibility index (Phi) is 4.75. The van der Waals surface area contributed by atoms with Gasteiger partial charge in [0.15, 0.2) is 0 Å². The molecule has 98 valence electrons. The van der Waals surface area contributed by atoms with Crippen LogP contribution in [0.25, 0.3) is 0 Å². The van der Waals surface area contributed by atoms with Crippen LogP contribution < -0.4 is 5.73 Å². The number of carbonyl (C=O) groups is 1. The van der Waals surface area contributed by atoms with Gasteiger partial charge < -0.3 is 10.6 Å². The highest BCUT2D eigenvalue weighted by Gasteiger charge is 2.33. The highest BCUT2D eigenvalue weighted by Crippen LogP contribution is 2.27. The molecule has 2 atom stereocenters. The molecule has 1 aliphatic carbocycles. The Morgan fingerprint density at radius 3 is 2.59 bits per heavy atom. The fourth-order valence-corrected chi connectivity index (χ4v) is 2.50. The van der Waals surface area contributed by atoms with E-state index in [0.29, 0.717) is 6.54 Å². The Hall–Kier alpha value is -0.830. The van der Waals surface area contributed by atoms with Crippen LogP contribution in [0, 0.1) is 5.92 Å². The third kappa shape index (κ3) is 3.84. The standard InChI is InChI=1S/C14H26N2O/c1-5-9-16(14(2,3)4)13(17)11-7-6-8-12(15)10-11/h5,11-12H,1,6-10,15H2,2-4H3. The number of rotatable bonds is 3. The lowest BCUT2D eigenvalue weighted by molar-refractivity contribution is -0.140. The summed E-state index contributed by atoms with van der Waals surface area (Å²) in [5.41, 5.74) is 5.81. The Labute approximate surface area is 105 Å². The van der Waals surface area contributed by atoms with E-state index in [9.17, 15) is 4.79 Å². The lowest BCUT2D eigenvalue weighted by Gasteiger charge is -2.39. The Morgan fingerprint density at radius 1 is 1.47 bits per heavy atom. The van der Waals surface area contributed by atoms with Gasteiger partial charge in [0.2, 0.25) is 5.91 Å². The quantitative estimate of drug-likeness (QED) is 0.767. The van der Waals surface area contributed by atoms with Gasteiger partial charge in [-0.3, -0.25) is 4.79 Å². The molecule has 0 radical (unpaired) electrons. The lowest BCUT2D eigenvalue weighted by Crippen LogP contribution is -2.49. The van der Waals surface area contributed by atoms with Crippen LogP contribution in [0.4, 0.5) is 0 Å². The molecule has 3 nitrogen and oxygen atoms in total. The Morgan fingerprint density at radius 2 is 2.12 bits per heavy atom. The fourth-order valence-electron chi connectivity index (χ4n) is 2.50. The van der Waals surface area contributed by atoms with Crippen LogP contribution in [0.3, 0.4) is 0 Å². The first-order chi connectivity index (χ1) is 7.86. The fraction of sp³-hybridized carbons (Fsp3) is 0.786.